The topological polar surface area (TPSA) is 80.2 Å². The number of anilines is 1. The van der Waals surface area contributed by atoms with E-state index in [9.17, 15) is 4.79 Å². The Morgan fingerprint density at radius 2 is 2.09 bits per heavy atom. The van der Waals surface area contributed by atoms with E-state index in [0.29, 0.717) is 44.4 Å². The third kappa shape index (κ3) is 3.56. The van der Waals surface area contributed by atoms with Crippen LogP contribution in [-0.2, 0) is 11.3 Å². The molecule has 1 fully saturated rings. The number of amides is 1. The first-order chi connectivity index (χ1) is 10.8. The van der Waals surface area contributed by atoms with Gasteiger partial charge >= 0.3 is 0 Å². The van der Waals surface area contributed by atoms with Crippen molar-refractivity contribution in [2.24, 2.45) is 0 Å². The van der Waals surface area contributed by atoms with E-state index in [1.165, 1.54) is 6.20 Å². The van der Waals surface area contributed by atoms with E-state index in [-0.39, 0.29) is 5.91 Å². The molecule has 7 nitrogen and oxygen atoms in total. The summed E-state index contributed by atoms with van der Waals surface area (Å²) in [5, 5.41) is 3.15. The van der Waals surface area contributed by atoms with Crippen LogP contribution in [0.15, 0.2) is 36.9 Å². The molecule has 0 radical (unpaired) electrons. The van der Waals surface area contributed by atoms with Crippen molar-refractivity contribution in [1.82, 2.24) is 19.9 Å². The van der Waals surface area contributed by atoms with Crippen molar-refractivity contribution in [1.29, 1.82) is 0 Å². The zero-order valence-corrected chi connectivity index (χ0v) is 12.1. The highest BCUT2D eigenvalue weighted by Crippen LogP contribution is 2.08. The molecule has 0 aromatic carbocycles. The average molecular weight is 299 g/mol. The van der Waals surface area contributed by atoms with Crippen molar-refractivity contribution < 1.29 is 9.53 Å². The normalized spacial score (nSPS) is 14.6. The lowest BCUT2D eigenvalue weighted by atomic mass is 10.3. The molecule has 2 aromatic heterocycles. The summed E-state index contributed by atoms with van der Waals surface area (Å²) in [6.07, 6.45) is 6.60. The highest BCUT2D eigenvalue weighted by Gasteiger charge is 2.19. The number of morpholine rings is 1. The quantitative estimate of drug-likeness (QED) is 0.905. The fourth-order valence-electron chi connectivity index (χ4n) is 2.15. The van der Waals surface area contributed by atoms with Crippen LogP contribution in [0, 0.1) is 0 Å². The molecule has 1 amide bonds. The second-order valence-electron chi connectivity index (χ2n) is 4.91. The van der Waals surface area contributed by atoms with E-state index in [1.807, 2.05) is 12.1 Å². The fraction of sp³-hybridized carbons (Fsp3) is 0.333. The molecule has 1 saturated heterocycles. The first-order valence-electron chi connectivity index (χ1n) is 7.15. The molecular weight excluding hydrogens is 282 g/mol. The summed E-state index contributed by atoms with van der Waals surface area (Å²) in [7, 11) is 0. The van der Waals surface area contributed by atoms with Gasteiger partial charge in [0.05, 0.1) is 25.6 Å². The Kier molecular flexibility index (Phi) is 4.55. The number of rotatable bonds is 4. The second kappa shape index (κ2) is 6.95. The molecule has 0 bridgehead atoms. The minimum atomic E-state index is -0.102. The van der Waals surface area contributed by atoms with Gasteiger partial charge in [0, 0.05) is 32.0 Å². The lowest BCUT2D eigenvalue weighted by molar-refractivity contribution is 0.0298. The van der Waals surface area contributed by atoms with Crippen LogP contribution in [0.25, 0.3) is 0 Å². The molecule has 0 aliphatic carbocycles. The first kappa shape index (κ1) is 14.4. The summed E-state index contributed by atoms with van der Waals surface area (Å²) in [5.74, 6) is 0.525. The van der Waals surface area contributed by atoms with Crippen LogP contribution < -0.4 is 5.32 Å². The monoisotopic (exact) mass is 299 g/mol. The van der Waals surface area contributed by atoms with Gasteiger partial charge in [0.15, 0.2) is 0 Å². The summed E-state index contributed by atoms with van der Waals surface area (Å²) >= 11 is 0. The van der Waals surface area contributed by atoms with Crippen LogP contribution >= 0.6 is 0 Å². The van der Waals surface area contributed by atoms with Crippen molar-refractivity contribution in [3.63, 3.8) is 0 Å². The number of nitrogens with one attached hydrogen (secondary N) is 1. The van der Waals surface area contributed by atoms with Crippen LogP contribution in [0.2, 0.25) is 0 Å². The van der Waals surface area contributed by atoms with Gasteiger partial charge in [-0.15, -0.1) is 0 Å². The minimum Gasteiger partial charge on any atom is -0.378 e. The third-order valence-electron chi connectivity index (χ3n) is 3.37. The molecule has 1 aliphatic rings. The van der Waals surface area contributed by atoms with E-state index in [0.717, 1.165) is 5.56 Å². The SMILES string of the molecule is O=C(c1cnc(NCc2cccnc2)cn1)N1CCOCC1. The summed E-state index contributed by atoms with van der Waals surface area (Å²) < 4.78 is 5.23. The number of pyridine rings is 1. The molecule has 7 heteroatoms. The molecular formula is C15H17N5O2. The molecule has 22 heavy (non-hydrogen) atoms. The number of nitrogens with zero attached hydrogens (tertiary/aromatic N) is 4. The molecule has 0 unspecified atom stereocenters. The molecule has 0 atom stereocenters. The molecule has 3 heterocycles. The maximum Gasteiger partial charge on any atom is 0.274 e. The first-order valence-corrected chi connectivity index (χ1v) is 7.15. The Bertz CT molecular complexity index is 612. The third-order valence-corrected chi connectivity index (χ3v) is 3.37. The van der Waals surface area contributed by atoms with Crippen molar-refractivity contribution in [3.05, 3.63) is 48.2 Å². The van der Waals surface area contributed by atoms with E-state index in [2.05, 4.69) is 20.3 Å². The summed E-state index contributed by atoms with van der Waals surface area (Å²) in [6, 6.07) is 3.86. The zero-order chi connectivity index (χ0) is 15.2. The standard InChI is InChI=1S/C15H17N5O2/c21-15(20-4-6-22-7-5-20)13-10-19-14(11-17-13)18-9-12-2-1-3-16-8-12/h1-3,8,10-11H,4-7,9H2,(H,18,19). The summed E-state index contributed by atoms with van der Waals surface area (Å²) in [4.78, 5) is 26.4. The predicted octanol–water partition coefficient (Wildman–Crippen LogP) is 0.956. The highest BCUT2D eigenvalue weighted by atomic mass is 16.5. The van der Waals surface area contributed by atoms with Gasteiger partial charge in [0.1, 0.15) is 11.5 Å². The van der Waals surface area contributed by atoms with Gasteiger partial charge in [0.25, 0.3) is 5.91 Å². The Hall–Kier alpha value is -2.54. The number of hydrogen-bond donors (Lipinski definition) is 1. The number of hydrogen-bond acceptors (Lipinski definition) is 6. The maximum atomic E-state index is 12.2. The number of ether oxygens (including phenoxy) is 1. The molecule has 0 saturated carbocycles. The molecule has 1 aliphatic heterocycles. The minimum absolute atomic E-state index is 0.102. The molecule has 0 spiro atoms. The molecule has 3 rings (SSSR count). The van der Waals surface area contributed by atoms with Crippen LogP contribution in [-0.4, -0.2) is 52.1 Å². The van der Waals surface area contributed by atoms with Gasteiger partial charge in [-0.05, 0) is 11.6 Å². The van der Waals surface area contributed by atoms with Crippen LogP contribution in [0.3, 0.4) is 0 Å². The predicted molar refractivity (Wildman–Crippen MR) is 80.3 cm³/mol. The van der Waals surface area contributed by atoms with Gasteiger partial charge in [0.2, 0.25) is 0 Å². The zero-order valence-electron chi connectivity index (χ0n) is 12.1. The van der Waals surface area contributed by atoms with E-state index >= 15 is 0 Å². The van der Waals surface area contributed by atoms with Crippen molar-refractivity contribution in [3.8, 4) is 0 Å². The van der Waals surface area contributed by atoms with Crippen molar-refractivity contribution in [2.45, 2.75) is 6.54 Å². The lowest BCUT2D eigenvalue weighted by Crippen LogP contribution is -2.41. The van der Waals surface area contributed by atoms with Gasteiger partial charge in [-0.25, -0.2) is 9.97 Å². The van der Waals surface area contributed by atoms with Gasteiger partial charge in [-0.3, -0.25) is 9.78 Å². The summed E-state index contributed by atoms with van der Waals surface area (Å²) in [5.41, 5.74) is 1.41. The Morgan fingerprint density at radius 1 is 1.23 bits per heavy atom. The van der Waals surface area contributed by atoms with Gasteiger partial charge in [-0.1, -0.05) is 6.07 Å². The van der Waals surface area contributed by atoms with Gasteiger partial charge < -0.3 is 15.0 Å². The number of carbonyl (C=O) groups excluding carboxylic acids is 1. The van der Waals surface area contributed by atoms with Crippen molar-refractivity contribution >= 4 is 11.7 Å². The molecule has 1 N–H and O–H groups in total. The average Bonchev–Trinajstić information content (AvgIpc) is 2.61. The lowest BCUT2D eigenvalue weighted by Gasteiger charge is -2.26. The number of carbonyl (C=O) groups is 1. The van der Waals surface area contributed by atoms with Crippen molar-refractivity contribution in [2.75, 3.05) is 31.6 Å². The van der Waals surface area contributed by atoms with Crippen LogP contribution in [0.1, 0.15) is 16.1 Å². The Labute approximate surface area is 128 Å². The largest absolute Gasteiger partial charge is 0.378 e. The number of aromatic nitrogens is 3. The van der Waals surface area contributed by atoms with Gasteiger partial charge in [-0.2, -0.15) is 0 Å². The Morgan fingerprint density at radius 3 is 2.77 bits per heavy atom. The molecule has 2 aromatic rings. The fourth-order valence-corrected chi connectivity index (χ4v) is 2.15. The van der Waals surface area contributed by atoms with Crippen LogP contribution in [0.4, 0.5) is 5.82 Å². The second-order valence-corrected chi connectivity index (χ2v) is 4.91. The van der Waals surface area contributed by atoms with E-state index in [1.54, 1.807) is 23.5 Å². The van der Waals surface area contributed by atoms with E-state index in [4.69, 9.17) is 4.74 Å². The van der Waals surface area contributed by atoms with Crippen LogP contribution in [0.5, 0.6) is 0 Å². The summed E-state index contributed by atoms with van der Waals surface area (Å²) in [6.45, 7) is 2.95. The Balaban J connectivity index is 1.59. The van der Waals surface area contributed by atoms with E-state index < -0.39 is 0 Å². The molecule has 114 valence electrons. The maximum absolute atomic E-state index is 12.2. The highest BCUT2D eigenvalue weighted by molar-refractivity contribution is 5.92. The smallest absolute Gasteiger partial charge is 0.274 e.